The summed E-state index contributed by atoms with van der Waals surface area (Å²) in [6.45, 7) is 4.07. The fraction of sp³-hybridized carbons (Fsp3) is 0.304. The van der Waals surface area contributed by atoms with E-state index in [0.717, 1.165) is 16.5 Å². The number of aliphatic carboxylic acids is 1. The monoisotopic (exact) mass is 409 g/mol. The van der Waals surface area contributed by atoms with Gasteiger partial charge in [-0.15, -0.1) is 0 Å². The number of para-hydroxylation sites is 1. The van der Waals surface area contributed by atoms with E-state index in [-0.39, 0.29) is 5.92 Å². The van der Waals surface area contributed by atoms with Crippen molar-refractivity contribution in [3.63, 3.8) is 0 Å². The number of ether oxygens (including phenoxy) is 1. The Balaban J connectivity index is 1.67. The van der Waals surface area contributed by atoms with Crippen LogP contribution in [0, 0.1) is 5.92 Å². The molecule has 1 amide bonds. The fourth-order valence-electron chi connectivity index (χ4n) is 3.32. The Bertz CT molecular complexity index is 1040. The predicted octanol–water partition coefficient (Wildman–Crippen LogP) is 3.60. The zero-order valence-electron chi connectivity index (χ0n) is 17.1. The molecule has 0 aliphatic rings. The van der Waals surface area contributed by atoms with Crippen LogP contribution >= 0.6 is 0 Å². The van der Waals surface area contributed by atoms with Crippen LogP contribution in [0.15, 0.2) is 48.7 Å². The average Bonchev–Trinajstić information content (AvgIpc) is 3.15. The molecule has 0 unspecified atom stereocenters. The lowest BCUT2D eigenvalue weighted by Crippen LogP contribution is -2.45. The molecule has 2 aromatic carbocycles. The third-order valence-electron chi connectivity index (χ3n) is 5.35. The molecule has 158 valence electrons. The number of benzene rings is 2. The summed E-state index contributed by atoms with van der Waals surface area (Å²) in [6, 6.07) is 11.8. The Labute approximate surface area is 175 Å². The first kappa shape index (κ1) is 21.2. The van der Waals surface area contributed by atoms with Crippen LogP contribution in [-0.2, 0) is 11.2 Å². The molecular weight excluding hydrogens is 382 g/mol. The summed E-state index contributed by atoms with van der Waals surface area (Å²) in [5, 5.41) is 13.1. The van der Waals surface area contributed by atoms with E-state index in [1.807, 2.05) is 31.3 Å². The van der Waals surface area contributed by atoms with Gasteiger partial charge in [0.05, 0.1) is 12.3 Å². The molecule has 5 N–H and O–H groups in total. The van der Waals surface area contributed by atoms with Gasteiger partial charge in [0, 0.05) is 29.1 Å². The van der Waals surface area contributed by atoms with Crippen molar-refractivity contribution in [2.24, 2.45) is 5.92 Å². The van der Waals surface area contributed by atoms with Crippen molar-refractivity contribution >= 4 is 28.5 Å². The molecule has 1 heterocycles. The number of carbonyl (C=O) groups is 2. The largest absolute Gasteiger partial charge is 0.491 e. The Morgan fingerprint density at radius 3 is 2.73 bits per heavy atom. The molecule has 2 atom stereocenters. The van der Waals surface area contributed by atoms with Crippen molar-refractivity contribution in [2.75, 3.05) is 12.3 Å². The highest BCUT2D eigenvalue weighted by molar-refractivity contribution is 5.97. The number of carboxylic acid groups (broad SMARTS) is 1. The summed E-state index contributed by atoms with van der Waals surface area (Å²) < 4.78 is 5.84. The third kappa shape index (κ3) is 4.74. The number of fused-ring (bicyclic) bond motifs is 1. The summed E-state index contributed by atoms with van der Waals surface area (Å²) in [5.41, 5.74) is 8.93. The van der Waals surface area contributed by atoms with Crippen LogP contribution in [0.4, 0.5) is 5.69 Å². The van der Waals surface area contributed by atoms with Gasteiger partial charge in [-0.1, -0.05) is 38.5 Å². The second kappa shape index (κ2) is 9.35. The van der Waals surface area contributed by atoms with Gasteiger partial charge in [0.1, 0.15) is 11.8 Å². The van der Waals surface area contributed by atoms with Crippen molar-refractivity contribution in [3.8, 4) is 5.75 Å². The van der Waals surface area contributed by atoms with Gasteiger partial charge in [-0.3, -0.25) is 4.79 Å². The van der Waals surface area contributed by atoms with E-state index in [1.165, 1.54) is 0 Å². The minimum Gasteiger partial charge on any atom is -0.491 e. The maximum Gasteiger partial charge on any atom is 0.326 e. The van der Waals surface area contributed by atoms with Gasteiger partial charge in [0.15, 0.2) is 0 Å². The van der Waals surface area contributed by atoms with Crippen LogP contribution in [0.3, 0.4) is 0 Å². The molecular formula is C23H27N3O4. The number of carbonyl (C=O) groups excluding carboxylic acids is 1. The van der Waals surface area contributed by atoms with Gasteiger partial charge in [-0.2, -0.15) is 0 Å². The van der Waals surface area contributed by atoms with Gasteiger partial charge >= 0.3 is 5.97 Å². The second-order valence-corrected chi connectivity index (χ2v) is 7.39. The molecule has 0 spiro atoms. The number of aromatic nitrogens is 1. The van der Waals surface area contributed by atoms with Crippen molar-refractivity contribution < 1.29 is 19.4 Å². The quantitative estimate of drug-likeness (QED) is 0.403. The highest BCUT2D eigenvalue weighted by atomic mass is 16.5. The van der Waals surface area contributed by atoms with E-state index in [0.29, 0.717) is 36.4 Å². The minimum atomic E-state index is -1.05. The molecule has 0 bridgehead atoms. The Kier molecular flexibility index (Phi) is 6.61. The first-order valence-electron chi connectivity index (χ1n) is 10.0. The van der Waals surface area contributed by atoms with Crippen LogP contribution in [0.25, 0.3) is 10.9 Å². The lowest BCUT2D eigenvalue weighted by Gasteiger charge is -2.20. The van der Waals surface area contributed by atoms with Crippen LogP contribution in [0.2, 0.25) is 0 Å². The number of nitrogens with one attached hydrogen (secondary N) is 2. The zero-order chi connectivity index (χ0) is 21.7. The Morgan fingerprint density at radius 2 is 2.00 bits per heavy atom. The van der Waals surface area contributed by atoms with E-state index >= 15 is 0 Å². The number of nitrogen functional groups attached to an aromatic ring is 1. The molecule has 30 heavy (non-hydrogen) atoms. The SMILES string of the molecule is CC[C@H](C)[C@H](NC(=O)c1ccc(N)c(OCCc2c[nH]c3ccccc23)c1)C(=O)O. The van der Waals surface area contributed by atoms with E-state index in [4.69, 9.17) is 10.5 Å². The Hall–Kier alpha value is -3.48. The maximum atomic E-state index is 12.6. The van der Waals surface area contributed by atoms with Gasteiger partial charge in [-0.25, -0.2) is 4.79 Å². The number of hydrogen-bond acceptors (Lipinski definition) is 4. The molecule has 7 heteroatoms. The average molecular weight is 409 g/mol. The highest BCUT2D eigenvalue weighted by Crippen LogP contribution is 2.24. The number of aromatic amines is 1. The smallest absolute Gasteiger partial charge is 0.326 e. The number of hydrogen-bond donors (Lipinski definition) is 4. The molecule has 3 rings (SSSR count). The summed E-state index contributed by atoms with van der Waals surface area (Å²) in [7, 11) is 0. The highest BCUT2D eigenvalue weighted by Gasteiger charge is 2.26. The van der Waals surface area contributed by atoms with Gasteiger partial charge in [0.25, 0.3) is 5.91 Å². The first-order chi connectivity index (χ1) is 14.4. The number of H-pyrrole nitrogens is 1. The lowest BCUT2D eigenvalue weighted by atomic mass is 9.99. The summed E-state index contributed by atoms with van der Waals surface area (Å²) in [6.07, 6.45) is 3.28. The number of rotatable bonds is 9. The van der Waals surface area contributed by atoms with Gasteiger partial charge in [-0.05, 0) is 35.7 Å². The maximum absolute atomic E-state index is 12.6. The summed E-state index contributed by atoms with van der Waals surface area (Å²) >= 11 is 0. The van der Waals surface area contributed by atoms with Gasteiger partial charge < -0.3 is 25.9 Å². The van der Waals surface area contributed by atoms with Crippen LogP contribution in [0.5, 0.6) is 5.75 Å². The number of anilines is 1. The summed E-state index contributed by atoms with van der Waals surface area (Å²) in [4.78, 5) is 27.3. The minimum absolute atomic E-state index is 0.188. The fourth-order valence-corrected chi connectivity index (χ4v) is 3.32. The number of amides is 1. The van der Waals surface area contributed by atoms with Gasteiger partial charge in [0.2, 0.25) is 0 Å². The van der Waals surface area contributed by atoms with Crippen LogP contribution < -0.4 is 15.8 Å². The van der Waals surface area contributed by atoms with Crippen molar-refractivity contribution in [2.45, 2.75) is 32.7 Å². The topological polar surface area (TPSA) is 117 Å². The van der Waals surface area contributed by atoms with E-state index in [9.17, 15) is 14.7 Å². The first-order valence-corrected chi connectivity index (χ1v) is 10.0. The standard InChI is InChI=1S/C23H27N3O4/c1-3-14(2)21(23(28)29)26-22(27)15-8-9-18(24)20(12-15)30-11-10-16-13-25-19-7-5-4-6-17(16)19/h4-9,12-14,21,25H,3,10-11,24H2,1-2H3,(H,26,27)(H,28,29)/t14-,21-/m0/s1. The molecule has 3 aromatic rings. The van der Waals surface area contributed by atoms with Crippen molar-refractivity contribution in [1.29, 1.82) is 0 Å². The molecule has 0 saturated carbocycles. The van der Waals surface area contributed by atoms with Crippen LogP contribution in [-0.4, -0.2) is 34.6 Å². The number of carboxylic acids is 1. The molecule has 0 saturated heterocycles. The molecule has 1 aromatic heterocycles. The third-order valence-corrected chi connectivity index (χ3v) is 5.35. The zero-order valence-corrected chi connectivity index (χ0v) is 17.1. The molecule has 0 radical (unpaired) electrons. The molecule has 0 aliphatic heterocycles. The molecule has 0 fully saturated rings. The molecule has 7 nitrogen and oxygen atoms in total. The lowest BCUT2D eigenvalue weighted by molar-refractivity contribution is -0.140. The second-order valence-electron chi connectivity index (χ2n) is 7.39. The Morgan fingerprint density at radius 1 is 1.23 bits per heavy atom. The van der Waals surface area contributed by atoms with Crippen LogP contribution in [0.1, 0.15) is 36.2 Å². The summed E-state index contributed by atoms with van der Waals surface area (Å²) in [5.74, 6) is -1.31. The van der Waals surface area contributed by atoms with Crippen molar-refractivity contribution in [1.82, 2.24) is 10.3 Å². The predicted molar refractivity (Wildman–Crippen MR) is 117 cm³/mol. The van der Waals surface area contributed by atoms with E-state index in [2.05, 4.69) is 16.4 Å². The van der Waals surface area contributed by atoms with E-state index < -0.39 is 17.9 Å². The molecule has 0 aliphatic carbocycles. The van der Waals surface area contributed by atoms with Crippen molar-refractivity contribution in [3.05, 3.63) is 59.8 Å². The normalized spacial score (nSPS) is 13.0. The number of nitrogens with two attached hydrogens (primary N) is 1. The van der Waals surface area contributed by atoms with E-state index in [1.54, 1.807) is 25.1 Å².